The van der Waals surface area contributed by atoms with Crippen LogP contribution in [0.1, 0.15) is 13.3 Å². The van der Waals surface area contributed by atoms with E-state index < -0.39 is 18.3 Å². The highest BCUT2D eigenvalue weighted by Gasteiger charge is 2.30. The molecule has 4 nitrogen and oxygen atoms in total. The topological polar surface area (TPSA) is 46.9 Å². The van der Waals surface area contributed by atoms with Gasteiger partial charge < -0.3 is 5.32 Å². The molecule has 1 aromatic heterocycles. The van der Waals surface area contributed by atoms with Crippen molar-refractivity contribution >= 4 is 17.4 Å². The van der Waals surface area contributed by atoms with Gasteiger partial charge in [0.05, 0.1) is 6.20 Å². The smallest absolute Gasteiger partial charge is 0.380 e. The number of nitrogens with zero attached hydrogens (tertiary/aromatic N) is 2. The van der Waals surface area contributed by atoms with E-state index in [0.717, 1.165) is 16.9 Å². The summed E-state index contributed by atoms with van der Waals surface area (Å²) >= 11 is 1.58. The largest absolute Gasteiger partial charge is 0.408 e. The summed E-state index contributed by atoms with van der Waals surface area (Å²) in [5.41, 5.74) is 0.606. The van der Waals surface area contributed by atoms with Crippen molar-refractivity contribution in [3.8, 4) is 11.1 Å². The van der Waals surface area contributed by atoms with E-state index in [-0.39, 0.29) is 5.69 Å². The number of hydrogen-bond donors (Lipinski definition) is 1. The minimum absolute atomic E-state index is 0.146. The quantitative estimate of drug-likeness (QED) is 0.794. The van der Waals surface area contributed by atoms with Gasteiger partial charge >= 0.3 is 6.18 Å². The highest BCUT2D eigenvalue weighted by molar-refractivity contribution is 7.98. The Morgan fingerprint density at radius 2 is 1.92 bits per heavy atom. The van der Waals surface area contributed by atoms with Gasteiger partial charge in [0, 0.05) is 17.0 Å². The van der Waals surface area contributed by atoms with Crippen LogP contribution in [0, 0.1) is 0 Å². The molecule has 2 rings (SSSR count). The number of aromatic nitrogens is 2. The van der Waals surface area contributed by atoms with E-state index in [1.807, 2.05) is 37.4 Å². The summed E-state index contributed by atoms with van der Waals surface area (Å²) < 4.78 is 38.2. The molecule has 0 spiro atoms. The molecular formula is C16H18F3N3OS. The first-order valence-corrected chi connectivity index (χ1v) is 8.63. The molecule has 0 atom stereocenters. The van der Waals surface area contributed by atoms with Crippen molar-refractivity contribution in [2.45, 2.75) is 31.0 Å². The van der Waals surface area contributed by atoms with Crippen LogP contribution in [0.2, 0.25) is 0 Å². The van der Waals surface area contributed by atoms with Crippen molar-refractivity contribution in [2.24, 2.45) is 0 Å². The fourth-order valence-electron chi connectivity index (χ4n) is 2.18. The Bertz CT molecular complexity index is 742. The van der Waals surface area contributed by atoms with E-state index in [1.165, 1.54) is 6.20 Å². The van der Waals surface area contributed by atoms with Crippen LogP contribution in [0.3, 0.4) is 0 Å². The van der Waals surface area contributed by atoms with Gasteiger partial charge in [-0.3, -0.25) is 4.79 Å². The maximum Gasteiger partial charge on any atom is 0.408 e. The minimum atomic E-state index is -4.50. The molecule has 1 heterocycles. The Labute approximate surface area is 142 Å². The lowest BCUT2D eigenvalue weighted by atomic mass is 10.1. The second kappa shape index (κ2) is 7.74. The van der Waals surface area contributed by atoms with Crippen LogP contribution in [0.4, 0.5) is 18.9 Å². The zero-order chi connectivity index (χ0) is 17.7. The summed E-state index contributed by atoms with van der Waals surface area (Å²) in [7, 11) is 0. The van der Waals surface area contributed by atoms with E-state index in [1.54, 1.807) is 11.8 Å². The lowest BCUT2D eigenvalue weighted by Crippen LogP contribution is -2.32. The molecule has 1 N–H and O–H groups in total. The lowest BCUT2D eigenvalue weighted by Gasteiger charge is -2.14. The average Bonchev–Trinajstić information content (AvgIpc) is 2.54. The first-order valence-electron chi connectivity index (χ1n) is 7.41. The van der Waals surface area contributed by atoms with Crippen LogP contribution >= 0.6 is 11.8 Å². The molecule has 0 radical (unpaired) electrons. The lowest BCUT2D eigenvalue weighted by molar-refractivity contribution is -0.143. The molecule has 130 valence electrons. The molecular weight excluding hydrogens is 339 g/mol. The predicted molar refractivity (Wildman–Crippen MR) is 90.5 cm³/mol. The second-order valence-electron chi connectivity index (χ2n) is 5.17. The molecule has 0 amide bonds. The minimum Gasteiger partial charge on any atom is -0.380 e. The predicted octanol–water partition coefficient (Wildman–Crippen LogP) is 4.02. The van der Waals surface area contributed by atoms with E-state index in [4.69, 9.17) is 0 Å². The first-order chi connectivity index (χ1) is 11.4. The Balaban J connectivity index is 2.49. The van der Waals surface area contributed by atoms with Crippen molar-refractivity contribution in [1.82, 2.24) is 9.78 Å². The zero-order valence-electron chi connectivity index (χ0n) is 13.4. The molecule has 0 fully saturated rings. The van der Waals surface area contributed by atoms with Gasteiger partial charge in [-0.2, -0.15) is 18.3 Å². The Morgan fingerprint density at radius 1 is 1.25 bits per heavy atom. The van der Waals surface area contributed by atoms with Gasteiger partial charge in [0.25, 0.3) is 5.56 Å². The number of benzene rings is 1. The summed E-state index contributed by atoms with van der Waals surface area (Å²) in [4.78, 5) is 13.5. The van der Waals surface area contributed by atoms with Crippen LogP contribution in [0.5, 0.6) is 0 Å². The van der Waals surface area contributed by atoms with E-state index in [0.29, 0.717) is 16.8 Å². The van der Waals surface area contributed by atoms with Crippen molar-refractivity contribution in [2.75, 3.05) is 18.1 Å². The number of alkyl halides is 3. The number of anilines is 1. The van der Waals surface area contributed by atoms with Gasteiger partial charge in [-0.1, -0.05) is 19.1 Å². The Hall–Kier alpha value is -1.96. The monoisotopic (exact) mass is 357 g/mol. The van der Waals surface area contributed by atoms with Gasteiger partial charge in [0.2, 0.25) is 0 Å². The standard InChI is InChI=1S/C16H18F3N3OS/c1-3-8-20-14-13(11-4-6-12(24-2)7-5-11)9-21-22(15(14)23)10-16(17,18)19/h4-7,9,20H,3,8,10H2,1-2H3. The van der Waals surface area contributed by atoms with E-state index in [2.05, 4.69) is 10.4 Å². The molecule has 0 aliphatic heterocycles. The van der Waals surface area contributed by atoms with E-state index >= 15 is 0 Å². The first kappa shape index (κ1) is 18.4. The molecule has 2 aromatic rings. The molecule has 0 aliphatic carbocycles. The number of hydrogen-bond acceptors (Lipinski definition) is 4. The normalized spacial score (nSPS) is 11.5. The molecule has 0 saturated carbocycles. The summed E-state index contributed by atoms with van der Waals surface area (Å²) in [6, 6.07) is 7.44. The van der Waals surface area contributed by atoms with Gasteiger partial charge in [-0.15, -0.1) is 11.8 Å². The number of halogens is 3. The zero-order valence-corrected chi connectivity index (χ0v) is 14.2. The van der Waals surface area contributed by atoms with Crippen molar-refractivity contribution in [3.63, 3.8) is 0 Å². The van der Waals surface area contributed by atoms with Crippen molar-refractivity contribution in [1.29, 1.82) is 0 Å². The van der Waals surface area contributed by atoms with Gasteiger partial charge in [-0.05, 0) is 30.4 Å². The maximum absolute atomic E-state index is 12.6. The summed E-state index contributed by atoms with van der Waals surface area (Å²) in [6.07, 6.45) is -0.505. The fourth-order valence-corrected chi connectivity index (χ4v) is 2.59. The summed E-state index contributed by atoms with van der Waals surface area (Å²) in [5.74, 6) is 0. The molecule has 8 heteroatoms. The SMILES string of the molecule is CCCNc1c(-c2ccc(SC)cc2)cnn(CC(F)(F)F)c1=O. The Morgan fingerprint density at radius 3 is 2.46 bits per heavy atom. The highest BCUT2D eigenvalue weighted by atomic mass is 32.2. The molecule has 24 heavy (non-hydrogen) atoms. The third-order valence-corrected chi connectivity index (χ3v) is 4.07. The van der Waals surface area contributed by atoms with Gasteiger partial charge in [-0.25, -0.2) is 4.68 Å². The van der Waals surface area contributed by atoms with Crippen LogP contribution in [0.25, 0.3) is 11.1 Å². The van der Waals surface area contributed by atoms with Gasteiger partial charge in [0.1, 0.15) is 12.2 Å². The molecule has 0 bridgehead atoms. The number of rotatable bonds is 6. The van der Waals surface area contributed by atoms with E-state index in [9.17, 15) is 18.0 Å². The average molecular weight is 357 g/mol. The third kappa shape index (κ3) is 4.53. The third-order valence-electron chi connectivity index (χ3n) is 3.33. The molecule has 1 aromatic carbocycles. The highest BCUT2D eigenvalue weighted by Crippen LogP contribution is 2.27. The Kier molecular flexibility index (Phi) is 5.93. The fraction of sp³-hybridized carbons (Fsp3) is 0.375. The van der Waals surface area contributed by atoms with Crippen molar-refractivity contribution in [3.05, 3.63) is 40.8 Å². The second-order valence-corrected chi connectivity index (χ2v) is 6.05. The number of nitrogens with one attached hydrogen (secondary N) is 1. The molecule has 0 unspecified atom stereocenters. The van der Waals surface area contributed by atoms with Crippen LogP contribution in [-0.2, 0) is 6.54 Å². The van der Waals surface area contributed by atoms with Gasteiger partial charge in [0.15, 0.2) is 0 Å². The summed E-state index contributed by atoms with van der Waals surface area (Å²) in [6.45, 7) is 0.995. The maximum atomic E-state index is 12.6. The summed E-state index contributed by atoms with van der Waals surface area (Å²) in [5, 5.41) is 6.63. The van der Waals surface area contributed by atoms with Crippen LogP contribution in [0.15, 0.2) is 40.2 Å². The molecule has 0 saturated heterocycles. The van der Waals surface area contributed by atoms with Crippen molar-refractivity contribution < 1.29 is 13.2 Å². The van der Waals surface area contributed by atoms with Crippen LogP contribution in [-0.4, -0.2) is 28.8 Å². The molecule has 0 aliphatic rings. The number of thioether (sulfide) groups is 1. The van der Waals surface area contributed by atoms with Crippen LogP contribution < -0.4 is 10.9 Å².